The Morgan fingerprint density at radius 2 is 2.00 bits per heavy atom. The van der Waals surface area contributed by atoms with E-state index in [9.17, 15) is 9.90 Å². The monoisotopic (exact) mass is 259 g/mol. The fourth-order valence-electron chi connectivity index (χ4n) is 2.01. The van der Waals surface area contributed by atoms with Crippen molar-refractivity contribution < 1.29 is 14.3 Å². The molecule has 1 N–H and O–H groups in total. The molecule has 1 heterocycles. The maximum atomic E-state index is 11.3. The molecule has 0 bridgehead atoms. The topological polar surface area (TPSA) is 63.3 Å². The third-order valence-corrected chi connectivity index (χ3v) is 2.97. The first-order chi connectivity index (χ1) is 8.79. The van der Waals surface area contributed by atoms with Crippen LogP contribution in [0.2, 0.25) is 0 Å². The van der Waals surface area contributed by atoms with E-state index in [1.54, 1.807) is 25.3 Å². The molecule has 0 amide bonds. The number of hydrogen-bond acceptors (Lipinski definition) is 3. The third kappa shape index (κ3) is 2.67. The molecule has 0 atom stereocenters. The van der Waals surface area contributed by atoms with Crippen LogP contribution in [0, 0.1) is 6.92 Å². The molecule has 4 nitrogen and oxygen atoms in total. The van der Waals surface area contributed by atoms with Crippen LogP contribution in [-0.2, 0) is 5.41 Å². The molecule has 100 valence electrons. The second-order valence-corrected chi connectivity index (χ2v) is 5.57. The fourth-order valence-corrected chi connectivity index (χ4v) is 2.01. The summed E-state index contributed by atoms with van der Waals surface area (Å²) < 4.78 is 5.19. The number of aromatic nitrogens is 1. The predicted octanol–water partition coefficient (Wildman–Crippen LogP) is 3.65. The van der Waals surface area contributed by atoms with Gasteiger partial charge in [0, 0.05) is 12.5 Å². The number of carbonyl (C=O) groups is 1. The Morgan fingerprint density at radius 1 is 1.32 bits per heavy atom. The molecule has 2 aromatic rings. The van der Waals surface area contributed by atoms with Crippen molar-refractivity contribution in [2.75, 3.05) is 0 Å². The Hall–Kier alpha value is -2.10. The second-order valence-electron chi connectivity index (χ2n) is 5.57. The van der Waals surface area contributed by atoms with Gasteiger partial charge in [0.25, 0.3) is 0 Å². The summed E-state index contributed by atoms with van der Waals surface area (Å²) in [5.41, 5.74) is 2.46. The SMILES string of the molecule is Cc1nc(-c2ccc(C(=O)O)c(C(C)(C)C)c2)co1. The predicted molar refractivity (Wildman–Crippen MR) is 72.3 cm³/mol. The molecule has 0 aliphatic carbocycles. The van der Waals surface area contributed by atoms with Crippen molar-refractivity contribution in [1.82, 2.24) is 4.98 Å². The molecule has 0 spiro atoms. The number of hydrogen-bond donors (Lipinski definition) is 1. The standard InChI is InChI=1S/C15H17NO3/c1-9-16-13(8-19-9)10-5-6-11(14(17)18)12(7-10)15(2,3)4/h5-8H,1-4H3,(H,17,18). The molecule has 0 fully saturated rings. The van der Waals surface area contributed by atoms with Crippen molar-refractivity contribution in [3.63, 3.8) is 0 Å². The van der Waals surface area contributed by atoms with Gasteiger partial charge in [-0.05, 0) is 23.1 Å². The van der Waals surface area contributed by atoms with E-state index in [4.69, 9.17) is 4.42 Å². The van der Waals surface area contributed by atoms with E-state index in [1.807, 2.05) is 26.8 Å². The summed E-state index contributed by atoms with van der Waals surface area (Å²) >= 11 is 0. The summed E-state index contributed by atoms with van der Waals surface area (Å²) in [6.45, 7) is 7.76. The van der Waals surface area contributed by atoms with Crippen molar-refractivity contribution in [2.24, 2.45) is 0 Å². The number of nitrogens with zero attached hydrogens (tertiary/aromatic N) is 1. The van der Waals surface area contributed by atoms with Gasteiger partial charge in [0.1, 0.15) is 12.0 Å². The summed E-state index contributed by atoms with van der Waals surface area (Å²) in [6, 6.07) is 5.26. The number of rotatable bonds is 2. The van der Waals surface area contributed by atoms with Crippen molar-refractivity contribution in [3.05, 3.63) is 41.5 Å². The number of oxazole rings is 1. The van der Waals surface area contributed by atoms with Gasteiger partial charge in [-0.15, -0.1) is 0 Å². The van der Waals surface area contributed by atoms with Gasteiger partial charge in [-0.25, -0.2) is 9.78 Å². The van der Waals surface area contributed by atoms with Gasteiger partial charge < -0.3 is 9.52 Å². The Bertz CT molecular complexity index is 621. The Labute approximate surface area is 112 Å². The zero-order chi connectivity index (χ0) is 14.2. The molecular formula is C15H17NO3. The smallest absolute Gasteiger partial charge is 0.335 e. The van der Waals surface area contributed by atoms with Crippen LogP contribution in [0.4, 0.5) is 0 Å². The lowest BCUT2D eigenvalue weighted by Gasteiger charge is -2.22. The zero-order valence-electron chi connectivity index (χ0n) is 11.5. The molecule has 0 saturated heterocycles. The number of carboxylic acids is 1. The maximum absolute atomic E-state index is 11.3. The maximum Gasteiger partial charge on any atom is 0.335 e. The van der Waals surface area contributed by atoms with E-state index in [0.29, 0.717) is 11.5 Å². The molecule has 0 aliphatic heterocycles. The van der Waals surface area contributed by atoms with Gasteiger partial charge in [0.05, 0.1) is 5.56 Å². The van der Waals surface area contributed by atoms with Crippen molar-refractivity contribution in [2.45, 2.75) is 33.1 Å². The van der Waals surface area contributed by atoms with Crippen LogP contribution in [0.3, 0.4) is 0 Å². The van der Waals surface area contributed by atoms with E-state index >= 15 is 0 Å². The van der Waals surface area contributed by atoms with Gasteiger partial charge in [-0.3, -0.25) is 0 Å². The van der Waals surface area contributed by atoms with Crippen molar-refractivity contribution in [1.29, 1.82) is 0 Å². The largest absolute Gasteiger partial charge is 0.478 e. The van der Waals surface area contributed by atoms with Gasteiger partial charge in [-0.2, -0.15) is 0 Å². The first kappa shape index (κ1) is 13.3. The van der Waals surface area contributed by atoms with Gasteiger partial charge in [0.15, 0.2) is 5.89 Å². The number of benzene rings is 1. The summed E-state index contributed by atoms with van der Waals surface area (Å²) in [4.78, 5) is 15.6. The van der Waals surface area contributed by atoms with Crippen molar-refractivity contribution in [3.8, 4) is 11.3 Å². The Balaban J connectivity index is 2.59. The lowest BCUT2D eigenvalue weighted by atomic mass is 9.82. The minimum Gasteiger partial charge on any atom is -0.478 e. The lowest BCUT2D eigenvalue weighted by molar-refractivity contribution is 0.0694. The van der Waals surface area contributed by atoms with Crippen LogP contribution in [0.25, 0.3) is 11.3 Å². The summed E-state index contributed by atoms with van der Waals surface area (Å²) in [6.07, 6.45) is 1.58. The highest BCUT2D eigenvalue weighted by Crippen LogP contribution is 2.30. The highest BCUT2D eigenvalue weighted by molar-refractivity contribution is 5.90. The third-order valence-electron chi connectivity index (χ3n) is 2.97. The van der Waals surface area contributed by atoms with Crippen LogP contribution in [-0.4, -0.2) is 16.1 Å². The average Bonchev–Trinajstić information content (AvgIpc) is 2.74. The summed E-state index contributed by atoms with van der Waals surface area (Å²) in [5.74, 6) is -0.317. The second kappa shape index (κ2) is 4.53. The average molecular weight is 259 g/mol. The minimum atomic E-state index is -0.909. The number of carboxylic acid groups (broad SMARTS) is 1. The van der Waals surface area contributed by atoms with Gasteiger partial charge in [-0.1, -0.05) is 26.8 Å². The van der Waals surface area contributed by atoms with E-state index in [1.165, 1.54) is 0 Å². The van der Waals surface area contributed by atoms with Crippen LogP contribution in [0.1, 0.15) is 42.6 Å². The minimum absolute atomic E-state index is 0.248. The molecule has 1 aromatic heterocycles. The fraction of sp³-hybridized carbons (Fsp3) is 0.333. The molecule has 0 aliphatic rings. The number of aryl methyl sites for hydroxylation is 1. The van der Waals surface area contributed by atoms with Gasteiger partial charge >= 0.3 is 5.97 Å². The normalized spacial score (nSPS) is 11.6. The van der Waals surface area contributed by atoms with Crippen molar-refractivity contribution >= 4 is 5.97 Å². The molecule has 0 unspecified atom stereocenters. The molecule has 19 heavy (non-hydrogen) atoms. The first-order valence-corrected chi connectivity index (χ1v) is 6.09. The van der Waals surface area contributed by atoms with E-state index < -0.39 is 5.97 Å². The molecular weight excluding hydrogens is 242 g/mol. The van der Waals surface area contributed by atoms with Crippen LogP contribution in [0.5, 0.6) is 0 Å². The Morgan fingerprint density at radius 3 is 2.47 bits per heavy atom. The molecule has 0 radical (unpaired) electrons. The van der Waals surface area contributed by atoms with Crippen LogP contribution in [0.15, 0.2) is 28.9 Å². The quantitative estimate of drug-likeness (QED) is 0.894. The van der Waals surface area contributed by atoms with Crippen LogP contribution < -0.4 is 0 Å². The molecule has 4 heteroatoms. The van der Waals surface area contributed by atoms with Gasteiger partial charge in [0.2, 0.25) is 0 Å². The summed E-state index contributed by atoms with van der Waals surface area (Å²) in [5, 5.41) is 9.26. The summed E-state index contributed by atoms with van der Waals surface area (Å²) in [7, 11) is 0. The first-order valence-electron chi connectivity index (χ1n) is 6.09. The Kier molecular flexibility index (Phi) is 3.18. The number of aromatic carboxylic acids is 1. The zero-order valence-corrected chi connectivity index (χ0v) is 11.5. The van der Waals surface area contributed by atoms with E-state index in [2.05, 4.69) is 4.98 Å². The molecule has 1 aromatic carbocycles. The highest BCUT2D eigenvalue weighted by Gasteiger charge is 2.22. The molecule has 2 rings (SSSR count). The van der Waals surface area contributed by atoms with Crippen LogP contribution >= 0.6 is 0 Å². The lowest BCUT2D eigenvalue weighted by Crippen LogP contribution is -2.17. The van der Waals surface area contributed by atoms with E-state index in [-0.39, 0.29) is 5.41 Å². The molecule has 0 saturated carbocycles. The highest BCUT2D eigenvalue weighted by atomic mass is 16.4. The van der Waals surface area contributed by atoms with E-state index in [0.717, 1.165) is 16.8 Å².